The standard InChI is InChI=1S/C19H21ClFN3O3/c1-19(2,3)27-18(26)16-12-8-10(4-7-15(12)23-24-16)17(25)22-11-5-6-14(21)13(20)9-11/h5-6,9-10H,4,7-8H2,1-3H3,(H,22,25)(H,23,24). The monoisotopic (exact) mass is 393 g/mol. The molecule has 2 aromatic rings. The molecule has 1 amide bonds. The average Bonchev–Trinajstić information content (AvgIpc) is 3.00. The molecule has 27 heavy (non-hydrogen) atoms. The van der Waals surface area contributed by atoms with Crippen LogP contribution in [0.1, 0.15) is 48.9 Å². The zero-order valence-corrected chi connectivity index (χ0v) is 16.1. The Labute approximate surface area is 161 Å². The summed E-state index contributed by atoms with van der Waals surface area (Å²) in [5.74, 6) is -1.59. The molecule has 0 fully saturated rings. The van der Waals surface area contributed by atoms with Gasteiger partial charge < -0.3 is 10.1 Å². The molecule has 0 saturated carbocycles. The van der Waals surface area contributed by atoms with Gasteiger partial charge in [0.2, 0.25) is 5.91 Å². The number of nitrogens with zero attached hydrogens (tertiary/aromatic N) is 1. The number of hydrogen-bond acceptors (Lipinski definition) is 4. The molecule has 8 heteroatoms. The second-order valence-electron chi connectivity index (χ2n) is 7.59. The van der Waals surface area contributed by atoms with Crippen LogP contribution in [0, 0.1) is 11.7 Å². The van der Waals surface area contributed by atoms with Crippen molar-refractivity contribution in [3.63, 3.8) is 0 Å². The van der Waals surface area contributed by atoms with Gasteiger partial charge in [-0.25, -0.2) is 9.18 Å². The summed E-state index contributed by atoms with van der Waals surface area (Å²) in [7, 11) is 0. The highest BCUT2D eigenvalue weighted by Gasteiger charge is 2.32. The fourth-order valence-electron chi connectivity index (χ4n) is 3.03. The Morgan fingerprint density at radius 2 is 2.11 bits per heavy atom. The van der Waals surface area contributed by atoms with Gasteiger partial charge in [-0.2, -0.15) is 5.10 Å². The molecule has 1 heterocycles. The van der Waals surface area contributed by atoms with Crippen LogP contribution >= 0.6 is 11.6 Å². The summed E-state index contributed by atoms with van der Waals surface area (Å²) in [6.07, 6.45) is 1.60. The van der Waals surface area contributed by atoms with E-state index in [0.717, 1.165) is 5.69 Å². The molecule has 0 spiro atoms. The number of aromatic amines is 1. The summed E-state index contributed by atoms with van der Waals surface area (Å²) in [5, 5.41) is 9.66. The van der Waals surface area contributed by atoms with Gasteiger partial charge in [-0.1, -0.05) is 11.6 Å². The molecule has 144 valence electrons. The van der Waals surface area contributed by atoms with Gasteiger partial charge >= 0.3 is 5.97 Å². The fraction of sp³-hybridized carbons (Fsp3) is 0.421. The maximum atomic E-state index is 13.3. The minimum absolute atomic E-state index is 0.0548. The Morgan fingerprint density at radius 3 is 2.78 bits per heavy atom. The van der Waals surface area contributed by atoms with Crippen molar-refractivity contribution in [2.24, 2.45) is 5.92 Å². The number of benzene rings is 1. The summed E-state index contributed by atoms with van der Waals surface area (Å²) >= 11 is 5.75. The van der Waals surface area contributed by atoms with Crippen molar-refractivity contribution < 1.29 is 18.7 Å². The zero-order valence-electron chi connectivity index (χ0n) is 15.4. The van der Waals surface area contributed by atoms with Gasteiger partial charge in [-0.15, -0.1) is 0 Å². The Balaban J connectivity index is 1.73. The van der Waals surface area contributed by atoms with Gasteiger partial charge in [0.15, 0.2) is 5.69 Å². The number of amides is 1. The largest absolute Gasteiger partial charge is 0.455 e. The van der Waals surface area contributed by atoms with Crippen LogP contribution in [0.15, 0.2) is 18.2 Å². The van der Waals surface area contributed by atoms with Crippen LogP contribution in [0.5, 0.6) is 0 Å². The lowest BCUT2D eigenvalue weighted by Crippen LogP contribution is -2.29. The van der Waals surface area contributed by atoms with Gasteiger partial charge in [0.25, 0.3) is 0 Å². The fourth-order valence-corrected chi connectivity index (χ4v) is 3.21. The first kappa shape index (κ1) is 19.4. The lowest BCUT2D eigenvalue weighted by Gasteiger charge is -2.23. The molecule has 3 rings (SSSR count). The van der Waals surface area contributed by atoms with Crippen LogP contribution in [0.2, 0.25) is 5.02 Å². The first-order valence-electron chi connectivity index (χ1n) is 8.69. The number of carbonyl (C=O) groups excluding carboxylic acids is 2. The van der Waals surface area contributed by atoms with Crippen LogP contribution in [0.4, 0.5) is 10.1 Å². The molecule has 1 unspecified atom stereocenters. The summed E-state index contributed by atoms with van der Waals surface area (Å²) in [6, 6.07) is 4.03. The van der Waals surface area contributed by atoms with Crippen molar-refractivity contribution in [2.45, 2.75) is 45.6 Å². The third-order valence-electron chi connectivity index (χ3n) is 4.30. The average molecular weight is 394 g/mol. The number of hydrogen-bond donors (Lipinski definition) is 2. The predicted octanol–water partition coefficient (Wildman–Crippen LogP) is 3.90. The minimum atomic E-state index is -0.629. The molecular formula is C19H21ClFN3O3. The van der Waals surface area contributed by atoms with Crippen LogP contribution in [-0.4, -0.2) is 27.7 Å². The van der Waals surface area contributed by atoms with E-state index in [1.54, 1.807) is 20.8 Å². The summed E-state index contributed by atoms with van der Waals surface area (Å²) in [5.41, 5.74) is 1.59. The van der Waals surface area contributed by atoms with E-state index in [-0.39, 0.29) is 22.5 Å². The number of aryl methyl sites for hydroxylation is 1. The van der Waals surface area contributed by atoms with E-state index in [1.807, 2.05) is 0 Å². The summed E-state index contributed by atoms with van der Waals surface area (Å²) in [6.45, 7) is 5.36. The van der Waals surface area contributed by atoms with Crippen molar-refractivity contribution in [2.75, 3.05) is 5.32 Å². The lowest BCUT2D eigenvalue weighted by atomic mass is 9.85. The van der Waals surface area contributed by atoms with E-state index in [2.05, 4.69) is 15.5 Å². The van der Waals surface area contributed by atoms with E-state index in [4.69, 9.17) is 16.3 Å². The van der Waals surface area contributed by atoms with Gasteiger partial charge in [0.1, 0.15) is 11.4 Å². The maximum Gasteiger partial charge on any atom is 0.359 e. The Kier molecular flexibility index (Phi) is 5.24. The zero-order chi connectivity index (χ0) is 19.8. The number of anilines is 1. The highest BCUT2D eigenvalue weighted by molar-refractivity contribution is 6.31. The smallest absolute Gasteiger partial charge is 0.359 e. The maximum absolute atomic E-state index is 13.3. The van der Waals surface area contributed by atoms with Crippen molar-refractivity contribution in [3.8, 4) is 0 Å². The highest BCUT2D eigenvalue weighted by atomic mass is 35.5. The molecule has 1 aromatic carbocycles. The molecule has 0 bridgehead atoms. The normalized spacial score (nSPS) is 16.6. The van der Waals surface area contributed by atoms with Crippen molar-refractivity contribution in [1.82, 2.24) is 10.2 Å². The first-order chi connectivity index (χ1) is 12.6. The van der Waals surface area contributed by atoms with E-state index in [9.17, 15) is 14.0 Å². The number of esters is 1. The molecule has 0 aliphatic heterocycles. The van der Waals surface area contributed by atoms with Crippen LogP contribution in [0.3, 0.4) is 0 Å². The third kappa shape index (κ3) is 4.47. The second-order valence-corrected chi connectivity index (χ2v) is 8.00. The van der Waals surface area contributed by atoms with Crippen molar-refractivity contribution in [3.05, 3.63) is 46.0 Å². The van der Waals surface area contributed by atoms with Gasteiger partial charge in [0.05, 0.1) is 5.02 Å². The summed E-state index contributed by atoms with van der Waals surface area (Å²) in [4.78, 5) is 25.0. The number of nitrogens with one attached hydrogen (secondary N) is 2. The number of ether oxygens (including phenoxy) is 1. The van der Waals surface area contributed by atoms with Crippen molar-refractivity contribution in [1.29, 1.82) is 0 Å². The number of halogens is 2. The van der Waals surface area contributed by atoms with E-state index in [1.165, 1.54) is 18.2 Å². The van der Waals surface area contributed by atoms with Gasteiger partial charge in [0, 0.05) is 22.9 Å². The molecule has 0 saturated heterocycles. The molecular weight excluding hydrogens is 373 g/mol. The predicted molar refractivity (Wildman–Crippen MR) is 99.3 cm³/mol. The number of aromatic nitrogens is 2. The Hall–Kier alpha value is -2.41. The van der Waals surface area contributed by atoms with Crippen LogP contribution in [0.25, 0.3) is 0 Å². The van der Waals surface area contributed by atoms with Crippen LogP contribution in [-0.2, 0) is 22.4 Å². The number of H-pyrrole nitrogens is 1. The third-order valence-corrected chi connectivity index (χ3v) is 4.59. The Morgan fingerprint density at radius 1 is 1.37 bits per heavy atom. The van der Waals surface area contributed by atoms with E-state index in [0.29, 0.717) is 30.5 Å². The molecule has 6 nitrogen and oxygen atoms in total. The van der Waals surface area contributed by atoms with Gasteiger partial charge in [-0.05, 0) is 58.2 Å². The van der Waals surface area contributed by atoms with Crippen molar-refractivity contribution >= 4 is 29.2 Å². The second kappa shape index (κ2) is 7.31. The molecule has 1 atom stereocenters. The number of carbonyl (C=O) groups is 2. The molecule has 1 aliphatic carbocycles. The highest BCUT2D eigenvalue weighted by Crippen LogP contribution is 2.29. The van der Waals surface area contributed by atoms with Gasteiger partial charge in [-0.3, -0.25) is 9.89 Å². The van der Waals surface area contributed by atoms with Crippen LogP contribution < -0.4 is 5.32 Å². The quantitative estimate of drug-likeness (QED) is 0.774. The van der Waals surface area contributed by atoms with E-state index >= 15 is 0 Å². The molecule has 1 aliphatic rings. The van der Waals surface area contributed by atoms with E-state index < -0.39 is 17.4 Å². The first-order valence-corrected chi connectivity index (χ1v) is 9.07. The number of rotatable bonds is 3. The lowest BCUT2D eigenvalue weighted by molar-refractivity contribution is -0.120. The Bertz CT molecular complexity index is 889. The SMILES string of the molecule is CC(C)(C)OC(=O)c1n[nH]c2c1CC(C(=O)Nc1ccc(F)c(Cl)c1)CC2. The molecule has 1 aromatic heterocycles. The molecule has 2 N–H and O–H groups in total. The number of fused-ring (bicyclic) bond motifs is 1. The summed E-state index contributed by atoms with van der Waals surface area (Å²) < 4.78 is 18.7. The molecule has 0 radical (unpaired) electrons. The topological polar surface area (TPSA) is 84.1 Å². The minimum Gasteiger partial charge on any atom is -0.455 e.